The van der Waals surface area contributed by atoms with Crippen LogP contribution in [-0.4, -0.2) is 54.0 Å². The van der Waals surface area contributed by atoms with Gasteiger partial charge in [0.25, 0.3) is 5.91 Å². The standard InChI is InChI=1S/C21H21N3O3/c1-26-19-10-6-5-9-17(19)20-18(21(25)23-11-13-27-14-12-23)15-24(22-20)16-7-3-2-4-8-16/h2-10,15H,11-14H2,1H3. The molecule has 6 nitrogen and oxygen atoms in total. The average Bonchev–Trinajstić information content (AvgIpc) is 3.19. The third-order valence-electron chi connectivity index (χ3n) is 4.63. The molecule has 2 aromatic carbocycles. The van der Waals surface area contributed by atoms with Crippen molar-refractivity contribution >= 4 is 5.91 Å². The van der Waals surface area contributed by atoms with E-state index in [4.69, 9.17) is 14.6 Å². The molecule has 3 aromatic rings. The maximum absolute atomic E-state index is 13.2. The highest BCUT2D eigenvalue weighted by atomic mass is 16.5. The maximum atomic E-state index is 13.2. The van der Waals surface area contributed by atoms with Crippen molar-refractivity contribution in [3.63, 3.8) is 0 Å². The summed E-state index contributed by atoms with van der Waals surface area (Å²) in [6.45, 7) is 2.28. The lowest BCUT2D eigenvalue weighted by atomic mass is 10.1. The number of carbonyl (C=O) groups is 1. The first-order chi connectivity index (χ1) is 13.3. The smallest absolute Gasteiger partial charge is 0.257 e. The van der Waals surface area contributed by atoms with Crippen molar-refractivity contribution in [2.24, 2.45) is 0 Å². The first-order valence-corrected chi connectivity index (χ1v) is 8.93. The Morgan fingerprint density at radius 2 is 1.74 bits per heavy atom. The Kier molecular flexibility index (Phi) is 4.89. The molecule has 2 heterocycles. The normalized spacial score (nSPS) is 14.2. The monoisotopic (exact) mass is 363 g/mol. The van der Waals surface area contributed by atoms with Gasteiger partial charge in [-0.1, -0.05) is 30.3 Å². The molecule has 0 saturated carbocycles. The molecule has 0 N–H and O–H groups in total. The largest absolute Gasteiger partial charge is 0.496 e. The second-order valence-corrected chi connectivity index (χ2v) is 6.28. The number of benzene rings is 2. The topological polar surface area (TPSA) is 56.6 Å². The number of hydrogen-bond donors (Lipinski definition) is 0. The Bertz CT molecular complexity index is 931. The van der Waals surface area contributed by atoms with Gasteiger partial charge in [-0.2, -0.15) is 5.10 Å². The Labute approximate surface area is 157 Å². The SMILES string of the molecule is COc1ccccc1-c1nn(-c2ccccc2)cc1C(=O)N1CCOCC1. The summed E-state index contributed by atoms with van der Waals surface area (Å²) in [6.07, 6.45) is 1.80. The van der Waals surface area contributed by atoms with Crippen molar-refractivity contribution in [1.82, 2.24) is 14.7 Å². The molecule has 27 heavy (non-hydrogen) atoms. The fraction of sp³-hybridized carbons (Fsp3) is 0.238. The number of rotatable bonds is 4. The molecule has 4 rings (SSSR count). The Hall–Kier alpha value is -3.12. The van der Waals surface area contributed by atoms with E-state index >= 15 is 0 Å². The second-order valence-electron chi connectivity index (χ2n) is 6.28. The summed E-state index contributed by atoms with van der Waals surface area (Å²) in [6, 6.07) is 17.4. The van der Waals surface area contributed by atoms with E-state index in [0.717, 1.165) is 11.3 Å². The van der Waals surface area contributed by atoms with Crippen LogP contribution in [0, 0.1) is 0 Å². The van der Waals surface area contributed by atoms with E-state index in [9.17, 15) is 4.79 Å². The summed E-state index contributed by atoms with van der Waals surface area (Å²) in [5, 5.41) is 4.73. The minimum absolute atomic E-state index is 0.0404. The summed E-state index contributed by atoms with van der Waals surface area (Å²) in [5.74, 6) is 0.647. The summed E-state index contributed by atoms with van der Waals surface area (Å²) < 4.78 is 12.6. The molecule has 138 valence electrons. The second kappa shape index (κ2) is 7.63. The number of para-hydroxylation sites is 2. The Morgan fingerprint density at radius 1 is 1.04 bits per heavy atom. The van der Waals surface area contributed by atoms with E-state index in [2.05, 4.69) is 0 Å². The zero-order chi connectivity index (χ0) is 18.6. The van der Waals surface area contributed by atoms with Gasteiger partial charge in [0.15, 0.2) is 0 Å². The Balaban J connectivity index is 1.82. The third kappa shape index (κ3) is 3.44. The number of nitrogens with zero attached hydrogens (tertiary/aromatic N) is 3. The van der Waals surface area contributed by atoms with Crippen LogP contribution in [0.1, 0.15) is 10.4 Å². The molecular formula is C21H21N3O3. The first kappa shape index (κ1) is 17.3. The van der Waals surface area contributed by atoms with E-state index in [1.54, 1.807) is 18.0 Å². The minimum atomic E-state index is -0.0404. The summed E-state index contributed by atoms with van der Waals surface area (Å²) in [5.41, 5.74) is 2.87. The van der Waals surface area contributed by atoms with Crippen LogP contribution in [0.3, 0.4) is 0 Å². The van der Waals surface area contributed by atoms with Gasteiger partial charge in [0.1, 0.15) is 11.4 Å². The van der Waals surface area contributed by atoms with Gasteiger partial charge in [-0.05, 0) is 24.3 Å². The molecule has 1 fully saturated rings. The molecule has 0 bridgehead atoms. The van der Waals surface area contributed by atoms with Crippen LogP contribution in [0.4, 0.5) is 0 Å². The quantitative estimate of drug-likeness (QED) is 0.715. The molecule has 1 aliphatic heterocycles. The zero-order valence-electron chi connectivity index (χ0n) is 15.2. The predicted molar refractivity (Wildman–Crippen MR) is 102 cm³/mol. The van der Waals surface area contributed by atoms with Crippen molar-refractivity contribution in [3.05, 3.63) is 66.4 Å². The zero-order valence-corrected chi connectivity index (χ0v) is 15.2. The van der Waals surface area contributed by atoms with Crippen LogP contribution in [0.2, 0.25) is 0 Å². The van der Waals surface area contributed by atoms with Gasteiger partial charge >= 0.3 is 0 Å². The Morgan fingerprint density at radius 3 is 2.48 bits per heavy atom. The first-order valence-electron chi connectivity index (χ1n) is 8.93. The number of aromatic nitrogens is 2. The summed E-state index contributed by atoms with van der Waals surface area (Å²) >= 11 is 0. The van der Waals surface area contributed by atoms with Gasteiger partial charge < -0.3 is 14.4 Å². The molecule has 1 aromatic heterocycles. The number of amides is 1. The van der Waals surface area contributed by atoms with Gasteiger partial charge in [0, 0.05) is 24.8 Å². The van der Waals surface area contributed by atoms with Crippen molar-refractivity contribution in [1.29, 1.82) is 0 Å². The van der Waals surface area contributed by atoms with Crippen molar-refractivity contribution in [2.75, 3.05) is 33.4 Å². The molecule has 1 aliphatic rings. The number of ether oxygens (including phenoxy) is 2. The van der Waals surface area contributed by atoms with E-state index in [0.29, 0.717) is 43.3 Å². The molecule has 0 atom stereocenters. The fourth-order valence-electron chi connectivity index (χ4n) is 3.22. The summed E-state index contributed by atoms with van der Waals surface area (Å²) in [7, 11) is 1.62. The number of hydrogen-bond acceptors (Lipinski definition) is 4. The van der Waals surface area contributed by atoms with Crippen LogP contribution >= 0.6 is 0 Å². The molecule has 0 aliphatic carbocycles. The highest BCUT2D eigenvalue weighted by molar-refractivity contribution is 6.00. The lowest BCUT2D eigenvalue weighted by molar-refractivity contribution is 0.0303. The third-order valence-corrected chi connectivity index (χ3v) is 4.63. The summed E-state index contributed by atoms with van der Waals surface area (Å²) in [4.78, 5) is 15.0. The molecular weight excluding hydrogens is 342 g/mol. The predicted octanol–water partition coefficient (Wildman–Crippen LogP) is 3.02. The van der Waals surface area contributed by atoms with Crippen LogP contribution in [0.25, 0.3) is 16.9 Å². The van der Waals surface area contributed by atoms with Gasteiger partial charge in [-0.3, -0.25) is 4.79 Å². The number of carbonyl (C=O) groups excluding carboxylic acids is 1. The van der Waals surface area contributed by atoms with Crippen LogP contribution in [0.5, 0.6) is 5.75 Å². The van der Waals surface area contributed by atoms with Crippen molar-refractivity contribution in [3.8, 4) is 22.7 Å². The van der Waals surface area contributed by atoms with Crippen molar-refractivity contribution in [2.45, 2.75) is 0 Å². The maximum Gasteiger partial charge on any atom is 0.257 e. The molecule has 6 heteroatoms. The van der Waals surface area contributed by atoms with Gasteiger partial charge in [0.2, 0.25) is 0 Å². The minimum Gasteiger partial charge on any atom is -0.496 e. The lowest BCUT2D eigenvalue weighted by Crippen LogP contribution is -2.40. The van der Waals surface area contributed by atoms with E-state index < -0.39 is 0 Å². The lowest BCUT2D eigenvalue weighted by Gasteiger charge is -2.26. The van der Waals surface area contributed by atoms with Crippen LogP contribution < -0.4 is 4.74 Å². The van der Waals surface area contributed by atoms with E-state index in [1.165, 1.54) is 0 Å². The molecule has 1 amide bonds. The molecule has 0 radical (unpaired) electrons. The van der Waals surface area contributed by atoms with Crippen molar-refractivity contribution < 1.29 is 14.3 Å². The van der Waals surface area contributed by atoms with Crippen LogP contribution in [0.15, 0.2) is 60.8 Å². The molecule has 0 unspecified atom stereocenters. The highest BCUT2D eigenvalue weighted by Crippen LogP contribution is 2.32. The van der Waals surface area contributed by atoms with Crippen LogP contribution in [-0.2, 0) is 4.74 Å². The van der Waals surface area contributed by atoms with Gasteiger partial charge in [0.05, 0.1) is 31.6 Å². The fourth-order valence-corrected chi connectivity index (χ4v) is 3.22. The van der Waals surface area contributed by atoms with E-state index in [-0.39, 0.29) is 5.91 Å². The highest BCUT2D eigenvalue weighted by Gasteiger charge is 2.26. The number of methoxy groups -OCH3 is 1. The number of morpholine rings is 1. The average molecular weight is 363 g/mol. The molecule has 0 spiro atoms. The van der Waals surface area contributed by atoms with Gasteiger partial charge in [-0.15, -0.1) is 0 Å². The molecule has 1 saturated heterocycles. The van der Waals surface area contributed by atoms with Gasteiger partial charge in [-0.25, -0.2) is 4.68 Å². The van der Waals surface area contributed by atoms with E-state index in [1.807, 2.05) is 59.5 Å².